The summed E-state index contributed by atoms with van der Waals surface area (Å²) in [6.45, 7) is 5.63. The molecular weight excluding hydrogens is 268 g/mol. The van der Waals surface area contributed by atoms with Gasteiger partial charge in [0.05, 0.1) is 6.26 Å². The van der Waals surface area contributed by atoms with Crippen LogP contribution in [-0.2, 0) is 19.6 Å². The van der Waals surface area contributed by atoms with E-state index in [4.69, 9.17) is 4.74 Å². The van der Waals surface area contributed by atoms with Crippen molar-refractivity contribution in [1.29, 1.82) is 0 Å². The first-order valence-corrected chi connectivity index (χ1v) is 8.50. The van der Waals surface area contributed by atoms with Crippen molar-refractivity contribution in [2.24, 2.45) is 5.92 Å². The van der Waals surface area contributed by atoms with Crippen LogP contribution >= 0.6 is 0 Å². The smallest absolute Gasteiger partial charge is 0.249 e. The van der Waals surface area contributed by atoms with Gasteiger partial charge in [-0.2, -0.15) is 0 Å². The van der Waals surface area contributed by atoms with Crippen LogP contribution in [-0.4, -0.2) is 57.2 Å². The largest absolute Gasteiger partial charge is 0.368 e. The molecule has 1 rings (SSSR count). The summed E-state index contributed by atoms with van der Waals surface area (Å²) < 4.78 is 29.8. The molecule has 1 saturated heterocycles. The Kier molecular flexibility index (Phi) is 6.22. The second kappa shape index (κ2) is 7.21. The van der Waals surface area contributed by atoms with Crippen LogP contribution in [0.3, 0.4) is 0 Å². The number of amides is 1. The van der Waals surface area contributed by atoms with E-state index in [1.54, 1.807) is 0 Å². The number of rotatable bonds is 7. The van der Waals surface area contributed by atoms with Crippen molar-refractivity contribution in [1.82, 2.24) is 9.62 Å². The molecule has 0 aliphatic carbocycles. The normalized spacial score (nSPS) is 20.2. The van der Waals surface area contributed by atoms with Crippen molar-refractivity contribution >= 4 is 15.9 Å². The van der Waals surface area contributed by atoms with Gasteiger partial charge in [-0.1, -0.05) is 13.8 Å². The summed E-state index contributed by atoms with van der Waals surface area (Å²) in [5.41, 5.74) is 0. The van der Waals surface area contributed by atoms with E-state index in [0.717, 1.165) is 12.8 Å². The first-order chi connectivity index (χ1) is 8.80. The summed E-state index contributed by atoms with van der Waals surface area (Å²) in [5, 5.41) is 2.73. The minimum absolute atomic E-state index is 0.143. The van der Waals surface area contributed by atoms with Crippen LogP contribution in [0, 0.1) is 5.92 Å². The zero-order valence-electron chi connectivity index (χ0n) is 11.9. The molecule has 112 valence electrons. The summed E-state index contributed by atoms with van der Waals surface area (Å²) in [6, 6.07) is 0. The molecule has 1 atom stereocenters. The van der Waals surface area contributed by atoms with Gasteiger partial charge in [-0.05, 0) is 18.8 Å². The van der Waals surface area contributed by atoms with E-state index >= 15 is 0 Å². The van der Waals surface area contributed by atoms with E-state index in [0.29, 0.717) is 26.2 Å². The Morgan fingerprint density at radius 2 is 2.16 bits per heavy atom. The molecule has 0 radical (unpaired) electrons. The molecule has 1 heterocycles. The molecular formula is C12H24N2O4S. The second-order valence-electron chi connectivity index (χ2n) is 5.31. The van der Waals surface area contributed by atoms with Gasteiger partial charge in [0.15, 0.2) is 0 Å². The maximum absolute atomic E-state index is 11.7. The fraction of sp³-hybridized carbons (Fsp3) is 0.917. The number of nitrogens with one attached hydrogen (secondary N) is 1. The molecule has 0 saturated carbocycles. The Balaban J connectivity index is 2.37. The topological polar surface area (TPSA) is 75.7 Å². The van der Waals surface area contributed by atoms with Gasteiger partial charge in [-0.25, -0.2) is 12.7 Å². The SMILES string of the molecule is CC(C)CN(CCNC(=O)C1CCCO1)S(C)(=O)=O. The Labute approximate surface area is 115 Å². The van der Waals surface area contributed by atoms with E-state index in [9.17, 15) is 13.2 Å². The molecule has 0 spiro atoms. The Hall–Kier alpha value is -0.660. The van der Waals surface area contributed by atoms with Gasteiger partial charge in [-0.3, -0.25) is 4.79 Å². The maximum atomic E-state index is 11.7. The van der Waals surface area contributed by atoms with Crippen LogP contribution in [0.2, 0.25) is 0 Å². The number of nitrogens with zero attached hydrogens (tertiary/aromatic N) is 1. The van der Waals surface area contributed by atoms with Crippen molar-refractivity contribution in [3.8, 4) is 0 Å². The molecule has 1 unspecified atom stereocenters. The van der Waals surface area contributed by atoms with Crippen LogP contribution in [0.15, 0.2) is 0 Å². The number of carbonyl (C=O) groups is 1. The highest BCUT2D eigenvalue weighted by Crippen LogP contribution is 2.11. The number of hydrogen-bond acceptors (Lipinski definition) is 4. The lowest BCUT2D eigenvalue weighted by molar-refractivity contribution is -0.130. The van der Waals surface area contributed by atoms with Gasteiger partial charge >= 0.3 is 0 Å². The van der Waals surface area contributed by atoms with E-state index in [-0.39, 0.29) is 17.9 Å². The highest BCUT2D eigenvalue weighted by Gasteiger charge is 2.24. The molecule has 1 amide bonds. The highest BCUT2D eigenvalue weighted by atomic mass is 32.2. The fourth-order valence-corrected chi connectivity index (χ4v) is 2.99. The average molecular weight is 292 g/mol. The molecule has 6 nitrogen and oxygen atoms in total. The molecule has 7 heteroatoms. The van der Waals surface area contributed by atoms with E-state index in [1.807, 2.05) is 13.8 Å². The standard InChI is InChI=1S/C12H24N2O4S/c1-10(2)9-14(19(3,16)17)7-6-13-12(15)11-5-4-8-18-11/h10-11H,4-9H2,1-3H3,(H,13,15). The van der Waals surface area contributed by atoms with Gasteiger partial charge in [0.1, 0.15) is 6.10 Å². The first-order valence-electron chi connectivity index (χ1n) is 6.65. The van der Waals surface area contributed by atoms with Crippen molar-refractivity contribution in [3.05, 3.63) is 0 Å². The third-order valence-corrected chi connectivity index (χ3v) is 4.19. The lowest BCUT2D eigenvalue weighted by Crippen LogP contribution is -2.42. The van der Waals surface area contributed by atoms with Crippen molar-refractivity contribution in [2.75, 3.05) is 32.5 Å². The highest BCUT2D eigenvalue weighted by molar-refractivity contribution is 7.88. The zero-order valence-corrected chi connectivity index (χ0v) is 12.7. The molecule has 1 N–H and O–H groups in total. The Morgan fingerprint density at radius 3 is 2.63 bits per heavy atom. The second-order valence-corrected chi connectivity index (χ2v) is 7.29. The first kappa shape index (κ1) is 16.4. The predicted molar refractivity (Wildman–Crippen MR) is 73.2 cm³/mol. The maximum Gasteiger partial charge on any atom is 0.249 e. The molecule has 0 aromatic heterocycles. The number of hydrogen-bond donors (Lipinski definition) is 1. The van der Waals surface area contributed by atoms with Crippen LogP contribution in [0.25, 0.3) is 0 Å². The summed E-state index contributed by atoms with van der Waals surface area (Å²) in [4.78, 5) is 11.7. The molecule has 0 bridgehead atoms. The van der Waals surface area contributed by atoms with E-state index in [2.05, 4.69) is 5.32 Å². The monoisotopic (exact) mass is 292 g/mol. The fourth-order valence-electron chi connectivity index (χ4n) is 2.00. The van der Waals surface area contributed by atoms with Crippen LogP contribution in [0.4, 0.5) is 0 Å². The van der Waals surface area contributed by atoms with Gasteiger partial charge in [-0.15, -0.1) is 0 Å². The Bertz CT molecular complexity index is 389. The molecule has 1 aliphatic rings. The minimum Gasteiger partial charge on any atom is -0.368 e. The lowest BCUT2D eigenvalue weighted by Gasteiger charge is -2.22. The van der Waals surface area contributed by atoms with Gasteiger partial charge in [0.2, 0.25) is 15.9 Å². The summed E-state index contributed by atoms with van der Waals surface area (Å²) in [6.07, 6.45) is 2.47. The average Bonchev–Trinajstić information content (AvgIpc) is 2.79. The van der Waals surface area contributed by atoms with Crippen molar-refractivity contribution < 1.29 is 17.9 Å². The van der Waals surface area contributed by atoms with Gasteiger partial charge in [0, 0.05) is 26.2 Å². The van der Waals surface area contributed by atoms with E-state index in [1.165, 1.54) is 10.6 Å². The van der Waals surface area contributed by atoms with Crippen LogP contribution < -0.4 is 5.32 Å². The molecule has 1 aliphatic heterocycles. The van der Waals surface area contributed by atoms with Gasteiger partial charge in [0.25, 0.3) is 0 Å². The Morgan fingerprint density at radius 1 is 1.47 bits per heavy atom. The molecule has 1 fully saturated rings. The minimum atomic E-state index is -3.23. The third-order valence-electron chi connectivity index (χ3n) is 2.92. The molecule has 0 aromatic rings. The number of carbonyl (C=O) groups excluding carboxylic acids is 1. The molecule has 19 heavy (non-hydrogen) atoms. The predicted octanol–water partition coefficient (Wildman–Crippen LogP) is 0.199. The zero-order chi connectivity index (χ0) is 14.5. The number of sulfonamides is 1. The van der Waals surface area contributed by atoms with Crippen molar-refractivity contribution in [2.45, 2.75) is 32.8 Å². The quantitative estimate of drug-likeness (QED) is 0.727. The van der Waals surface area contributed by atoms with Crippen LogP contribution in [0.1, 0.15) is 26.7 Å². The van der Waals surface area contributed by atoms with Gasteiger partial charge < -0.3 is 10.1 Å². The van der Waals surface area contributed by atoms with E-state index < -0.39 is 10.0 Å². The van der Waals surface area contributed by atoms with Crippen molar-refractivity contribution in [3.63, 3.8) is 0 Å². The summed E-state index contributed by atoms with van der Waals surface area (Å²) in [7, 11) is -3.23. The summed E-state index contributed by atoms with van der Waals surface area (Å²) >= 11 is 0. The number of ether oxygens (including phenoxy) is 1. The summed E-state index contributed by atoms with van der Waals surface area (Å²) in [5.74, 6) is 0.110. The molecule has 0 aromatic carbocycles. The third kappa shape index (κ3) is 5.88. The van der Waals surface area contributed by atoms with Crippen LogP contribution in [0.5, 0.6) is 0 Å². The lowest BCUT2D eigenvalue weighted by atomic mass is 10.2.